The van der Waals surface area contributed by atoms with E-state index < -0.39 is 6.43 Å². The molecule has 0 saturated heterocycles. The zero-order valence-corrected chi connectivity index (χ0v) is 7.42. The molecule has 3 nitrogen and oxygen atoms in total. The summed E-state index contributed by atoms with van der Waals surface area (Å²) in [5.41, 5.74) is 0.335. The van der Waals surface area contributed by atoms with Gasteiger partial charge in [-0.3, -0.25) is 5.10 Å². The number of aromatic amines is 1. The zero-order valence-electron chi connectivity index (χ0n) is 7.42. The Balaban J connectivity index is 2.59. The number of H-pyrrole nitrogens is 1. The summed E-state index contributed by atoms with van der Waals surface area (Å²) in [5.74, 6) is 0.602. The normalized spacial score (nSPS) is 11.1. The molecule has 0 aliphatic carbocycles. The van der Waals surface area contributed by atoms with Crippen molar-refractivity contribution < 1.29 is 13.5 Å². The second kappa shape index (κ2) is 3.25. The van der Waals surface area contributed by atoms with Crippen LogP contribution in [0.5, 0.6) is 5.75 Å². The van der Waals surface area contributed by atoms with Gasteiger partial charge in [-0.25, -0.2) is 8.78 Å². The molecule has 1 aromatic carbocycles. The van der Waals surface area contributed by atoms with Gasteiger partial charge in [0, 0.05) is 11.5 Å². The summed E-state index contributed by atoms with van der Waals surface area (Å²) in [6.45, 7) is 0. The van der Waals surface area contributed by atoms with Gasteiger partial charge in [-0.1, -0.05) is 0 Å². The lowest BCUT2D eigenvalue weighted by Crippen LogP contribution is -1.84. The maximum atomic E-state index is 12.4. The minimum absolute atomic E-state index is 0.150. The van der Waals surface area contributed by atoms with Crippen LogP contribution in [0.25, 0.3) is 10.9 Å². The van der Waals surface area contributed by atoms with Crippen molar-refractivity contribution in [3.8, 4) is 5.75 Å². The molecule has 0 atom stereocenters. The van der Waals surface area contributed by atoms with Crippen LogP contribution in [0, 0.1) is 0 Å². The van der Waals surface area contributed by atoms with Crippen molar-refractivity contribution in [2.45, 2.75) is 6.43 Å². The van der Waals surface area contributed by atoms with Crippen LogP contribution >= 0.6 is 0 Å². The van der Waals surface area contributed by atoms with E-state index >= 15 is 0 Å². The van der Waals surface area contributed by atoms with Crippen molar-refractivity contribution in [2.24, 2.45) is 0 Å². The van der Waals surface area contributed by atoms with Crippen LogP contribution in [-0.2, 0) is 0 Å². The van der Waals surface area contributed by atoms with Crippen LogP contribution in [0.15, 0.2) is 18.2 Å². The molecule has 0 spiro atoms. The molecule has 0 radical (unpaired) electrons. The molecule has 1 heterocycles. The first-order valence-electron chi connectivity index (χ1n) is 4.02. The number of halogens is 2. The lowest BCUT2D eigenvalue weighted by atomic mass is 10.2. The van der Waals surface area contributed by atoms with Gasteiger partial charge in [-0.2, -0.15) is 5.10 Å². The Labute approximate surface area is 78.7 Å². The molecular weight excluding hydrogens is 190 g/mol. The van der Waals surface area contributed by atoms with Crippen LogP contribution in [0.1, 0.15) is 12.1 Å². The van der Waals surface area contributed by atoms with E-state index in [1.807, 2.05) is 0 Å². The van der Waals surface area contributed by atoms with Gasteiger partial charge in [-0.15, -0.1) is 0 Å². The quantitative estimate of drug-likeness (QED) is 0.805. The van der Waals surface area contributed by atoms with Crippen LogP contribution in [0.2, 0.25) is 0 Å². The third-order valence-electron chi connectivity index (χ3n) is 2.01. The molecule has 1 N–H and O–H groups in total. The SMILES string of the molecule is COc1ccc2c(C(F)F)[nH]nc2c1. The summed E-state index contributed by atoms with van der Waals surface area (Å²) in [6, 6.07) is 4.81. The van der Waals surface area contributed by atoms with E-state index in [0.717, 1.165) is 0 Å². The van der Waals surface area contributed by atoms with E-state index in [9.17, 15) is 8.78 Å². The van der Waals surface area contributed by atoms with Gasteiger partial charge >= 0.3 is 0 Å². The van der Waals surface area contributed by atoms with Gasteiger partial charge in [0.15, 0.2) is 0 Å². The summed E-state index contributed by atoms with van der Waals surface area (Å²) in [6.07, 6.45) is -2.53. The average molecular weight is 198 g/mol. The summed E-state index contributed by atoms with van der Waals surface area (Å²) >= 11 is 0. The minimum atomic E-state index is -2.53. The number of hydrogen-bond donors (Lipinski definition) is 1. The number of methoxy groups -OCH3 is 1. The van der Waals surface area contributed by atoms with Crippen LogP contribution < -0.4 is 4.74 Å². The highest BCUT2D eigenvalue weighted by atomic mass is 19.3. The number of hydrogen-bond acceptors (Lipinski definition) is 2. The molecule has 0 aliphatic heterocycles. The third kappa shape index (κ3) is 1.30. The Kier molecular flexibility index (Phi) is 2.07. The van der Waals surface area contributed by atoms with Gasteiger partial charge in [0.25, 0.3) is 6.43 Å². The highest BCUT2D eigenvalue weighted by molar-refractivity contribution is 5.82. The summed E-state index contributed by atoms with van der Waals surface area (Å²) < 4.78 is 29.8. The molecular formula is C9H8F2N2O. The molecule has 0 saturated carbocycles. The maximum absolute atomic E-state index is 12.4. The van der Waals surface area contributed by atoms with Crippen molar-refractivity contribution >= 4 is 10.9 Å². The summed E-state index contributed by atoms with van der Waals surface area (Å²) in [5, 5.41) is 6.50. The molecule has 0 unspecified atom stereocenters. The van der Waals surface area contributed by atoms with Gasteiger partial charge in [-0.05, 0) is 12.1 Å². The fourth-order valence-electron chi connectivity index (χ4n) is 1.31. The monoisotopic (exact) mass is 198 g/mol. The predicted octanol–water partition coefficient (Wildman–Crippen LogP) is 2.51. The van der Waals surface area contributed by atoms with Crippen LogP contribution in [-0.4, -0.2) is 17.3 Å². The largest absolute Gasteiger partial charge is 0.497 e. The molecule has 0 amide bonds. The molecule has 0 fully saturated rings. The Morgan fingerprint density at radius 1 is 1.43 bits per heavy atom. The van der Waals surface area contributed by atoms with E-state index in [-0.39, 0.29) is 5.69 Å². The third-order valence-corrected chi connectivity index (χ3v) is 2.01. The van der Waals surface area contributed by atoms with Crippen molar-refractivity contribution in [3.63, 3.8) is 0 Å². The fraction of sp³-hybridized carbons (Fsp3) is 0.222. The number of rotatable bonds is 2. The first-order valence-corrected chi connectivity index (χ1v) is 4.02. The van der Waals surface area contributed by atoms with E-state index in [0.29, 0.717) is 16.7 Å². The van der Waals surface area contributed by atoms with E-state index in [1.165, 1.54) is 7.11 Å². The van der Waals surface area contributed by atoms with Crippen LogP contribution in [0.4, 0.5) is 8.78 Å². The zero-order chi connectivity index (χ0) is 10.1. The predicted molar refractivity (Wildman–Crippen MR) is 47.6 cm³/mol. The van der Waals surface area contributed by atoms with E-state index in [4.69, 9.17) is 4.74 Å². The highest BCUT2D eigenvalue weighted by Gasteiger charge is 2.14. The lowest BCUT2D eigenvalue weighted by molar-refractivity contribution is 0.147. The number of fused-ring (bicyclic) bond motifs is 1. The second-order valence-corrected chi connectivity index (χ2v) is 2.82. The van der Waals surface area contributed by atoms with Crippen molar-refractivity contribution in [1.29, 1.82) is 0 Å². The highest BCUT2D eigenvalue weighted by Crippen LogP contribution is 2.27. The van der Waals surface area contributed by atoms with Crippen molar-refractivity contribution in [3.05, 3.63) is 23.9 Å². The number of ether oxygens (including phenoxy) is 1. The summed E-state index contributed by atoms with van der Waals surface area (Å²) in [4.78, 5) is 0. The smallest absolute Gasteiger partial charge is 0.280 e. The first kappa shape index (κ1) is 8.93. The standard InChI is InChI=1S/C9H8F2N2O/c1-14-5-2-3-6-7(4-5)12-13-8(6)9(10)11/h2-4,9H,1H3,(H,12,13). The summed E-state index contributed by atoms with van der Waals surface area (Å²) in [7, 11) is 1.52. The van der Waals surface area contributed by atoms with Crippen molar-refractivity contribution in [1.82, 2.24) is 10.2 Å². The Bertz CT molecular complexity index is 453. The number of benzene rings is 1. The Morgan fingerprint density at radius 3 is 2.86 bits per heavy atom. The maximum Gasteiger partial charge on any atom is 0.280 e. The van der Waals surface area contributed by atoms with E-state index in [1.54, 1.807) is 18.2 Å². The van der Waals surface area contributed by atoms with Crippen molar-refractivity contribution in [2.75, 3.05) is 7.11 Å². The number of alkyl halides is 2. The Hall–Kier alpha value is -1.65. The second-order valence-electron chi connectivity index (χ2n) is 2.82. The molecule has 74 valence electrons. The molecule has 2 rings (SSSR count). The van der Waals surface area contributed by atoms with Gasteiger partial charge in [0.1, 0.15) is 11.4 Å². The van der Waals surface area contributed by atoms with Gasteiger partial charge in [0.2, 0.25) is 0 Å². The van der Waals surface area contributed by atoms with Crippen LogP contribution in [0.3, 0.4) is 0 Å². The number of nitrogens with zero attached hydrogens (tertiary/aromatic N) is 1. The average Bonchev–Trinajstić information content (AvgIpc) is 2.59. The molecule has 2 aromatic rings. The molecule has 0 bridgehead atoms. The molecule has 0 aliphatic rings. The fourth-order valence-corrected chi connectivity index (χ4v) is 1.31. The van der Waals surface area contributed by atoms with E-state index in [2.05, 4.69) is 10.2 Å². The number of aromatic nitrogens is 2. The minimum Gasteiger partial charge on any atom is -0.497 e. The first-order chi connectivity index (χ1) is 6.72. The molecule has 1 aromatic heterocycles. The number of nitrogens with one attached hydrogen (secondary N) is 1. The molecule has 5 heteroatoms. The van der Waals surface area contributed by atoms with Gasteiger partial charge < -0.3 is 4.74 Å². The molecule has 14 heavy (non-hydrogen) atoms. The van der Waals surface area contributed by atoms with Gasteiger partial charge in [0.05, 0.1) is 12.6 Å². The topological polar surface area (TPSA) is 37.9 Å². The Morgan fingerprint density at radius 2 is 2.21 bits per heavy atom. The lowest BCUT2D eigenvalue weighted by Gasteiger charge is -1.98.